The molecule has 1 aromatic heterocycles. The van der Waals surface area contributed by atoms with E-state index in [9.17, 15) is 4.79 Å². The predicted octanol–water partition coefficient (Wildman–Crippen LogP) is 0.472. The number of anilines is 2. The minimum Gasteiger partial charge on any atom is -0.371 e. The third kappa shape index (κ3) is 3.10. The first-order valence-electron chi connectivity index (χ1n) is 6.14. The summed E-state index contributed by atoms with van der Waals surface area (Å²) in [4.78, 5) is 17.4. The number of carbonyl (C=O) groups is 1. The van der Waals surface area contributed by atoms with Crippen molar-refractivity contribution < 1.29 is 4.79 Å². The van der Waals surface area contributed by atoms with Crippen LogP contribution < -0.4 is 21.5 Å². The van der Waals surface area contributed by atoms with E-state index in [1.165, 1.54) is 0 Å². The highest BCUT2D eigenvalue weighted by molar-refractivity contribution is 5.73. The molecule has 0 radical (unpaired) electrons. The van der Waals surface area contributed by atoms with E-state index in [4.69, 9.17) is 5.84 Å². The van der Waals surface area contributed by atoms with Gasteiger partial charge in [-0.1, -0.05) is 0 Å². The number of nitrogen functional groups attached to an aromatic ring is 1. The molecule has 98 valence electrons. The summed E-state index contributed by atoms with van der Waals surface area (Å²) in [5.74, 6) is 6.06. The van der Waals surface area contributed by atoms with E-state index in [0.29, 0.717) is 11.9 Å². The smallest absolute Gasteiger partial charge is 0.217 e. The molecule has 0 aromatic carbocycles. The number of aromatic nitrogens is 1. The Labute approximate surface area is 107 Å². The van der Waals surface area contributed by atoms with Crippen molar-refractivity contribution in [2.75, 3.05) is 23.4 Å². The molecule has 1 fully saturated rings. The van der Waals surface area contributed by atoms with Crippen LogP contribution in [0.1, 0.15) is 19.8 Å². The third-order valence-electron chi connectivity index (χ3n) is 3.16. The summed E-state index contributed by atoms with van der Waals surface area (Å²) >= 11 is 0. The van der Waals surface area contributed by atoms with Crippen molar-refractivity contribution in [2.45, 2.75) is 25.8 Å². The van der Waals surface area contributed by atoms with Crippen LogP contribution in [0, 0.1) is 0 Å². The van der Waals surface area contributed by atoms with E-state index in [2.05, 4.69) is 20.6 Å². The Morgan fingerprint density at radius 2 is 2.22 bits per heavy atom. The lowest BCUT2D eigenvalue weighted by molar-refractivity contribution is -0.119. The monoisotopic (exact) mass is 249 g/mol. The van der Waals surface area contributed by atoms with Crippen molar-refractivity contribution in [3.8, 4) is 0 Å². The van der Waals surface area contributed by atoms with Gasteiger partial charge in [0.25, 0.3) is 0 Å². The van der Waals surface area contributed by atoms with Crippen molar-refractivity contribution >= 4 is 17.4 Å². The maximum Gasteiger partial charge on any atom is 0.217 e. The molecule has 0 aliphatic carbocycles. The van der Waals surface area contributed by atoms with Gasteiger partial charge in [-0.25, -0.2) is 10.8 Å². The number of carbonyl (C=O) groups excluding carboxylic acids is 1. The predicted molar refractivity (Wildman–Crippen MR) is 71.1 cm³/mol. The zero-order chi connectivity index (χ0) is 13.0. The molecular formula is C12H19N5O. The Kier molecular flexibility index (Phi) is 3.99. The molecular weight excluding hydrogens is 230 g/mol. The molecule has 6 heteroatoms. The van der Waals surface area contributed by atoms with Gasteiger partial charge in [0.2, 0.25) is 5.91 Å². The van der Waals surface area contributed by atoms with Gasteiger partial charge in [0.15, 0.2) is 0 Å². The Morgan fingerprint density at radius 1 is 1.50 bits per heavy atom. The largest absolute Gasteiger partial charge is 0.371 e. The molecule has 1 aliphatic rings. The van der Waals surface area contributed by atoms with E-state index in [0.717, 1.165) is 31.6 Å². The molecule has 6 nitrogen and oxygen atoms in total. The fourth-order valence-electron chi connectivity index (χ4n) is 2.26. The molecule has 0 saturated carbocycles. The van der Waals surface area contributed by atoms with Crippen LogP contribution in [0.2, 0.25) is 0 Å². The molecule has 1 saturated heterocycles. The summed E-state index contributed by atoms with van der Waals surface area (Å²) in [5, 5.41) is 2.97. The second-order valence-corrected chi connectivity index (χ2v) is 4.51. The Hall–Kier alpha value is -1.82. The average Bonchev–Trinajstić information content (AvgIpc) is 2.39. The van der Waals surface area contributed by atoms with E-state index in [1.54, 1.807) is 13.1 Å². The van der Waals surface area contributed by atoms with Gasteiger partial charge in [-0.3, -0.25) is 4.79 Å². The number of nitrogens with two attached hydrogens (primary N) is 1. The van der Waals surface area contributed by atoms with E-state index in [1.807, 2.05) is 12.1 Å². The Morgan fingerprint density at radius 3 is 2.83 bits per heavy atom. The second-order valence-electron chi connectivity index (χ2n) is 4.51. The van der Waals surface area contributed by atoms with Crippen molar-refractivity contribution in [3.63, 3.8) is 0 Å². The highest BCUT2D eigenvalue weighted by atomic mass is 16.1. The lowest BCUT2D eigenvalue weighted by Crippen LogP contribution is -2.44. The fraction of sp³-hybridized carbons (Fsp3) is 0.500. The maximum atomic E-state index is 11.0. The lowest BCUT2D eigenvalue weighted by Gasteiger charge is -2.33. The van der Waals surface area contributed by atoms with Crippen molar-refractivity contribution in [1.29, 1.82) is 0 Å². The second kappa shape index (κ2) is 5.68. The lowest BCUT2D eigenvalue weighted by atomic mass is 10.0. The number of hydrogen-bond donors (Lipinski definition) is 3. The van der Waals surface area contributed by atoms with Crippen LogP contribution in [0.15, 0.2) is 18.3 Å². The minimum atomic E-state index is 0.0481. The van der Waals surface area contributed by atoms with Crippen LogP contribution in [0.3, 0.4) is 0 Å². The normalized spacial score (nSPS) is 16.4. The first-order chi connectivity index (χ1) is 8.69. The van der Waals surface area contributed by atoms with Gasteiger partial charge in [0.05, 0.1) is 0 Å². The SMILES string of the molecule is CC(=O)NC1CCN(c2ccnc(NN)c2)CC1. The summed E-state index contributed by atoms with van der Waals surface area (Å²) in [5.41, 5.74) is 3.66. The minimum absolute atomic E-state index is 0.0481. The third-order valence-corrected chi connectivity index (χ3v) is 3.16. The summed E-state index contributed by atoms with van der Waals surface area (Å²) in [6, 6.07) is 4.20. The zero-order valence-corrected chi connectivity index (χ0v) is 10.5. The summed E-state index contributed by atoms with van der Waals surface area (Å²) in [6.45, 7) is 3.42. The molecule has 0 spiro atoms. The quantitative estimate of drug-likeness (QED) is 0.536. The number of pyridine rings is 1. The summed E-state index contributed by atoms with van der Waals surface area (Å²) < 4.78 is 0. The number of nitrogens with zero attached hydrogens (tertiary/aromatic N) is 2. The molecule has 1 aromatic rings. The van der Waals surface area contributed by atoms with Crippen LogP contribution >= 0.6 is 0 Å². The number of rotatable bonds is 3. The van der Waals surface area contributed by atoms with Gasteiger partial charge in [0.1, 0.15) is 5.82 Å². The van der Waals surface area contributed by atoms with Crippen LogP contribution in [-0.4, -0.2) is 30.0 Å². The standard InChI is InChI=1S/C12H19N5O/c1-9(18)15-10-3-6-17(7-4-10)11-2-5-14-12(8-11)16-13/h2,5,8,10H,3-4,6-7,13H2,1H3,(H,14,16)(H,15,18). The molecule has 18 heavy (non-hydrogen) atoms. The molecule has 2 heterocycles. The van der Waals surface area contributed by atoms with Gasteiger partial charge in [-0.05, 0) is 18.9 Å². The molecule has 2 rings (SSSR count). The summed E-state index contributed by atoms with van der Waals surface area (Å²) in [7, 11) is 0. The topological polar surface area (TPSA) is 83.3 Å². The van der Waals surface area contributed by atoms with Crippen LogP contribution in [-0.2, 0) is 4.79 Å². The van der Waals surface area contributed by atoms with Crippen molar-refractivity contribution in [2.24, 2.45) is 5.84 Å². The molecule has 1 amide bonds. The van der Waals surface area contributed by atoms with Crippen LogP contribution in [0.5, 0.6) is 0 Å². The molecule has 0 unspecified atom stereocenters. The first-order valence-corrected chi connectivity index (χ1v) is 6.14. The highest BCUT2D eigenvalue weighted by Crippen LogP contribution is 2.21. The van der Waals surface area contributed by atoms with Gasteiger partial charge in [0, 0.05) is 44.0 Å². The summed E-state index contributed by atoms with van der Waals surface area (Å²) in [6.07, 6.45) is 3.67. The van der Waals surface area contributed by atoms with Crippen LogP contribution in [0.4, 0.5) is 11.5 Å². The molecule has 1 aliphatic heterocycles. The Balaban J connectivity index is 1.94. The zero-order valence-electron chi connectivity index (χ0n) is 10.5. The van der Waals surface area contributed by atoms with Gasteiger partial charge >= 0.3 is 0 Å². The number of hydrazine groups is 1. The number of amides is 1. The van der Waals surface area contributed by atoms with Gasteiger partial charge in [-0.15, -0.1) is 0 Å². The first kappa shape index (κ1) is 12.6. The Bertz CT molecular complexity index is 415. The van der Waals surface area contributed by atoms with Gasteiger partial charge < -0.3 is 15.6 Å². The maximum absolute atomic E-state index is 11.0. The number of piperidine rings is 1. The van der Waals surface area contributed by atoms with Gasteiger partial charge in [-0.2, -0.15) is 0 Å². The fourth-order valence-corrected chi connectivity index (χ4v) is 2.26. The van der Waals surface area contributed by atoms with Crippen molar-refractivity contribution in [1.82, 2.24) is 10.3 Å². The average molecular weight is 249 g/mol. The molecule has 0 bridgehead atoms. The highest BCUT2D eigenvalue weighted by Gasteiger charge is 2.19. The van der Waals surface area contributed by atoms with Crippen molar-refractivity contribution in [3.05, 3.63) is 18.3 Å². The van der Waals surface area contributed by atoms with E-state index >= 15 is 0 Å². The number of hydrogen-bond acceptors (Lipinski definition) is 5. The van der Waals surface area contributed by atoms with E-state index < -0.39 is 0 Å². The molecule has 4 N–H and O–H groups in total. The van der Waals surface area contributed by atoms with Crippen LogP contribution in [0.25, 0.3) is 0 Å². The van der Waals surface area contributed by atoms with E-state index in [-0.39, 0.29) is 5.91 Å². The molecule has 0 atom stereocenters. The number of nitrogens with one attached hydrogen (secondary N) is 2.